The molecule has 10 heavy (non-hydrogen) atoms. The van der Waals surface area contributed by atoms with Crippen LogP contribution in [0.25, 0.3) is 0 Å². The smallest absolute Gasteiger partial charge is 0.280 e. The molecule has 0 heterocycles. The van der Waals surface area contributed by atoms with Gasteiger partial charge < -0.3 is 20.4 Å². The number of rotatable bonds is 0. The third-order valence-electron chi connectivity index (χ3n) is 1.01. The zero-order valence-corrected chi connectivity index (χ0v) is 6.79. The molecule has 0 saturated heterocycles. The van der Waals surface area contributed by atoms with Crippen LogP contribution in [-0.2, 0) is 0 Å². The summed E-state index contributed by atoms with van der Waals surface area (Å²) < 4.78 is 0. The van der Waals surface area contributed by atoms with E-state index in [0.717, 1.165) is 7.11 Å². The summed E-state index contributed by atoms with van der Waals surface area (Å²) in [6.07, 6.45) is 0. The fraction of sp³-hybridized carbons (Fsp3) is 1.00. The van der Waals surface area contributed by atoms with E-state index in [2.05, 4.69) is 0 Å². The number of aliphatic hydroxyl groups is 4. The molecule has 0 bridgehead atoms. The summed E-state index contributed by atoms with van der Waals surface area (Å²) in [7, 11) is 1.00. The van der Waals surface area contributed by atoms with Crippen molar-refractivity contribution in [1.29, 1.82) is 0 Å². The molecule has 0 spiro atoms. The molecule has 0 atom stereocenters. The highest BCUT2D eigenvalue weighted by atomic mass is 16.7. The van der Waals surface area contributed by atoms with Gasteiger partial charge in [0.2, 0.25) is 0 Å². The highest BCUT2D eigenvalue weighted by molar-refractivity contribution is 4.68. The van der Waals surface area contributed by atoms with Crippen molar-refractivity contribution < 1.29 is 20.4 Å². The largest absolute Gasteiger partial charge is 0.400 e. The van der Waals surface area contributed by atoms with E-state index in [1.54, 1.807) is 0 Å². The molecule has 0 amide bonds. The first-order valence-corrected chi connectivity index (χ1v) is 2.87. The van der Waals surface area contributed by atoms with Gasteiger partial charge in [0.05, 0.1) is 0 Å². The Morgan fingerprint density at radius 3 is 0.900 bits per heavy atom. The lowest BCUT2D eigenvalue weighted by Crippen LogP contribution is -2.42. The van der Waals surface area contributed by atoms with Gasteiger partial charge in [-0.1, -0.05) is 20.8 Å². The summed E-state index contributed by atoms with van der Waals surface area (Å²) in [5.41, 5.74) is -0.896. The van der Waals surface area contributed by atoms with Gasteiger partial charge in [0.1, 0.15) is 0 Å². The summed E-state index contributed by atoms with van der Waals surface area (Å²) in [6, 6.07) is 0. The van der Waals surface area contributed by atoms with Crippen molar-refractivity contribution in [2.24, 2.45) is 5.41 Å². The fourth-order valence-electron chi connectivity index (χ4n) is 0. The molecule has 0 saturated carbocycles. The minimum absolute atomic E-state index is 0.896. The Balaban J connectivity index is 0. The van der Waals surface area contributed by atoms with Crippen molar-refractivity contribution in [3.63, 3.8) is 0 Å². The molecule has 0 unspecified atom stereocenters. The lowest BCUT2D eigenvalue weighted by Gasteiger charge is -2.28. The lowest BCUT2D eigenvalue weighted by atomic mass is 9.94. The highest BCUT2D eigenvalue weighted by Crippen LogP contribution is 2.24. The van der Waals surface area contributed by atoms with E-state index in [-0.39, 0.29) is 0 Å². The van der Waals surface area contributed by atoms with Crippen LogP contribution in [0.15, 0.2) is 0 Å². The SMILES string of the molecule is CC(C)(C)C(O)(O)O.CO. The Kier molecular flexibility index (Phi) is 4.85. The van der Waals surface area contributed by atoms with Crippen LogP contribution in [0.4, 0.5) is 0 Å². The minimum Gasteiger partial charge on any atom is -0.400 e. The second-order valence-electron chi connectivity index (χ2n) is 2.89. The van der Waals surface area contributed by atoms with Gasteiger partial charge in [-0.3, -0.25) is 0 Å². The molecule has 0 aromatic rings. The van der Waals surface area contributed by atoms with E-state index >= 15 is 0 Å². The van der Waals surface area contributed by atoms with Crippen LogP contribution in [0.3, 0.4) is 0 Å². The van der Waals surface area contributed by atoms with E-state index in [9.17, 15) is 0 Å². The Labute approximate surface area is 60.7 Å². The van der Waals surface area contributed by atoms with Crippen molar-refractivity contribution in [3.05, 3.63) is 0 Å². The second-order valence-corrected chi connectivity index (χ2v) is 2.89. The van der Waals surface area contributed by atoms with Crippen molar-refractivity contribution >= 4 is 0 Å². The van der Waals surface area contributed by atoms with Crippen molar-refractivity contribution in [3.8, 4) is 0 Å². The zero-order chi connectivity index (χ0) is 9.00. The van der Waals surface area contributed by atoms with Crippen LogP contribution in [0.5, 0.6) is 0 Å². The Morgan fingerprint density at radius 1 is 0.800 bits per heavy atom. The average molecular weight is 152 g/mol. The molecular formula is C6H16O4. The standard InChI is InChI=1S/C5H12O3.CH4O/c1-4(2,3)5(6,7)8;1-2/h6-8H,1-3H3;2H,1H3. The van der Waals surface area contributed by atoms with E-state index in [1.807, 2.05) is 0 Å². The van der Waals surface area contributed by atoms with Gasteiger partial charge in [-0.05, 0) is 0 Å². The van der Waals surface area contributed by atoms with Crippen molar-refractivity contribution in [1.82, 2.24) is 0 Å². The molecule has 64 valence electrons. The maximum Gasteiger partial charge on any atom is 0.280 e. The van der Waals surface area contributed by atoms with Crippen LogP contribution in [0, 0.1) is 5.41 Å². The Hall–Kier alpha value is -0.160. The maximum atomic E-state index is 8.47. The van der Waals surface area contributed by atoms with Crippen LogP contribution >= 0.6 is 0 Å². The summed E-state index contributed by atoms with van der Waals surface area (Å²) in [4.78, 5) is 0. The lowest BCUT2D eigenvalue weighted by molar-refractivity contribution is -0.363. The third-order valence-corrected chi connectivity index (χ3v) is 1.01. The van der Waals surface area contributed by atoms with Gasteiger partial charge in [-0.15, -0.1) is 0 Å². The zero-order valence-electron chi connectivity index (χ0n) is 6.79. The van der Waals surface area contributed by atoms with Crippen LogP contribution < -0.4 is 0 Å². The molecule has 4 N–H and O–H groups in total. The maximum absolute atomic E-state index is 8.47. The Bertz CT molecular complexity index is 64.7. The topological polar surface area (TPSA) is 80.9 Å². The van der Waals surface area contributed by atoms with E-state index < -0.39 is 11.4 Å². The van der Waals surface area contributed by atoms with Gasteiger partial charge in [-0.2, -0.15) is 0 Å². The van der Waals surface area contributed by atoms with Crippen molar-refractivity contribution in [2.45, 2.75) is 26.7 Å². The summed E-state index contributed by atoms with van der Waals surface area (Å²) in [6.45, 7) is 4.56. The summed E-state index contributed by atoms with van der Waals surface area (Å²) in [5, 5.41) is 32.4. The quantitative estimate of drug-likeness (QED) is 0.345. The molecular weight excluding hydrogens is 136 g/mol. The molecule has 4 nitrogen and oxygen atoms in total. The van der Waals surface area contributed by atoms with Gasteiger partial charge >= 0.3 is 0 Å². The predicted molar refractivity (Wildman–Crippen MR) is 37.0 cm³/mol. The summed E-state index contributed by atoms with van der Waals surface area (Å²) >= 11 is 0. The first-order chi connectivity index (χ1) is 4.25. The van der Waals surface area contributed by atoms with Crippen LogP contribution in [0.1, 0.15) is 20.8 Å². The number of aliphatic hydroxyl groups excluding tert-OH is 1. The molecule has 0 aliphatic heterocycles. The van der Waals surface area contributed by atoms with Crippen LogP contribution in [-0.4, -0.2) is 33.5 Å². The first-order valence-electron chi connectivity index (χ1n) is 2.87. The Morgan fingerprint density at radius 2 is 0.900 bits per heavy atom. The van der Waals surface area contributed by atoms with Crippen LogP contribution in [0.2, 0.25) is 0 Å². The number of hydrogen-bond acceptors (Lipinski definition) is 4. The molecule has 0 radical (unpaired) electrons. The van der Waals surface area contributed by atoms with Crippen molar-refractivity contribution in [2.75, 3.05) is 7.11 Å². The van der Waals surface area contributed by atoms with E-state index in [4.69, 9.17) is 20.4 Å². The van der Waals surface area contributed by atoms with Gasteiger partial charge in [-0.25, -0.2) is 0 Å². The molecule has 0 aliphatic rings. The molecule has 0 aromatic carbocycles. The first kappa shape index (κ1) is 12.5. The molecule has 0 aromatic heterocycles. The third kappa shape index (κ3) is 4.69. The van der Waals surface area contributed by atoms with Gasteiger partial charge in [0, 0.05) is 12.5 Å². The predicted octanol–water partition coefficient (Wildman–Crippen LogP) is -0.728. The highest BCUT2D eigenvalue weighted by Gasteiger charge is 2.35. The van der Waals surface area contributed by atoms with E-state index in [0.29, 0.717) is 0 Å². The molecule has 0 fully saturated rings. The van der Waals surface area contributed by atoms with Gasteiger partial charge in [0.25, 0.3) is 5.97 Å². The molecule has 0 aliphatic carbocycles. The molecule has 0 rings (SSSR count). The number of hydrogen-bond donors (Lipinski definition) is 4. The second kappa shape index (κ2) is 3.88. The normalized spacial score (nSPS) is 12.0. The fourth-order valence-corrected chi connectivity index (χ4v) is 0. The molecule has 4 heteroatoms. The van der Waals surface area contributed by atoms with Gasteiger partial charge in [0.15, 0.2) is 0 Å². The monoisotopic (exact) mass is 152 g/mol. The summed E-state index contributed by atoms with van der Waals surface area (Å²) in [5.74, 6) is -2.56. The minimum atomic E-state index is -2.56. The van der Waals surface area contributed by atoms with E-state index in [1.165, 1.54) is 20.8 Å². The average Bonchev–Trinajstić information content (AvgIpc) is 1.66.